The molecule has 4 rings (SSSR count). The zero-order valence-electron chi connectivity index (χ0n) is 14.9. The number of hydrogen-bond acceptors (Lipinski definition) is 4. The van der Waals surface area contributed by atoms with Gasteiger partial charge in [0.2, 0.25) is 0 Å². The molecule has 4 heteroatoms. The summed E-state index contributed by atoms with van der Waals surface area (Å²) >= 11 is 1.71. The predicted molar refractivity (Wildman–Crippen MR) is 106 cm³/mol. The molecule has 2 aliphatic rings. The zero-order chi connectivity index (χ0) is 17.2. The molecule has 0 bridgehead atoms. The van der Waals surface area contributed by atoms with Gasteiger partial charge in [-0.15, -0.1) is 0 Å². The van der Waals surface area contributed by atoms with Gasteiger partial charge in [-0.3, -0.25) is 0 Å². The van der Waals surface area contributed by atoms with Crippen molar-refractivity contribution in [2.45, 2.75) is 32.6 Å². The summed E-state index contributed by atoms with van der Waals surface area (Å²) in [4.78, 5) is 2.46. The SMILES string of the molecule is Cc1ccc(Oc2ccc([C@@H]3CCCN4CCSN=C34)cc2)cc1C. The van der Waals surface area contributed by atoms with Crippen LogP contribution in [0.1, 0.15) is 35.4 Å². The fourth-order valence-electron chi connectivity index (χ4n) is 3.56. The molecular formula is C21H24N2OS. The van der Waals surface area contributed by atoms with Crippen molar-refractivity contribution in [2.75, 3.05) is 18.8 Å². The zero-order valence-corrected chi connectivity index (χ0v) is 15.7. The van der Waals surface area contributed by atoms with Gasteiger partial charge in [0.15, 0.2) is 0 Å². The summed E-state index contributed by atoms with van der Waals surface area (Å²) in [6.45, 7) is 6.52. The number of benzene rings is 2. The number of piperidine rings is 1. The third-order valence-corrected chi connectivity index (χ3v) is 5.84. The number of ether oxygens (including phenoxy) is 1. The molecule has 0 N–H and O–H groups in total. The van der Waals surface area contributed by atoms with E-state index >= 15 is 0 Å². The minimum Gasteiger partial charge on any atom is -0.457 e. The summed E-state index contributed by atoms with van der Waals surface area (Å²) in [5, 5.41) is 0. The monoisotopic (exact) mass is 352 g/mol. The quantitative estimate of drug-likeness (QED) is 0.698. The second-order valence-corrected chi connectivity index (χ2v) is 7.73. The lowest BCUT2D eigenvalue weighted by Crippen LogP contribution is -2.42. The smallest absolute Gasteiger partial charge is 0.127 e. The molecule has 0 saturated carbocycles. The lowest BCUT2D eigenvalue weighted by Gasteiger charge is -2.37. The van der Waals surface area contributed by atoms with Gasteiger partial charge in [0.25, 0.3) is 0 Å². The van der Waals surface area contributed by atoms with Crippen molar-refractivity contribution in [3.63, 3.8) is 0 Å². The molecule has 0 amide bonds. The van der Waals surface area contributed by atoms with Crippen molar-refractivity contribution in [2.24, 2.45) is 4.40 Å². The molecule has 0 aromatic heterocycles. The first-order chi connectivity index (χ1) is 12.2. The lowest BCUT2D eigenvalue weighted by atomic mass is 9.89. The molecule has 2 aromatic rings. The van der Waals surface area contributed by atoms with Crippen LogP contribution in [0.3, 0.4) is 0 Å². The summed E-state index contributed by atoms with van der Waals surface area (Å²) in [6, 6.07) is 14.8. The molecule has 0 aliphatic carbocycles. The number of rotatable bonds is 3. The van der Waals surface area contributed by atoms with E-state index in [1.165, 1.54) is 35.4 Å². The van der Waals surface area contributed by atoms with Crippen molar-refractivity contribution in [1.82, 2.24) is 4.90 Å². The molecule has 0 unspecified atom stereocenters. The summed E-state index contributed by atoms with van der Waals surface area (Å²) in [5.74, 6) is 4.59. The van der Waals surface area contributed by atoms with Crippen LogP contribution in [0.25, 0.3) is 0 Å². The highest BCUT2D eigenvalue weighted by Gasteiger charge is 2.29. The van der Waals surface area contributed by atoms with Crippen molar-refractivity contribution < 1.29 is 4.74 Å². The van der Waals surface area contributed by atoms with Crippen molar-refractivity contribution in [3.05, 3.63) is 59.2 Å². The van der Waals surface area contributed by atoms with E-state index in [1.807, 2.05) is 6.07 Å². The Morgan fingerprint density at radius 2 is 1.80 bits per heavy atom. The fourth-order valence-corrected chi connectivity index (χ4v) is 4.33. The van der Waals surface area contributed by atoms with E-state index < -0.39 is 0 Å². The number of hydrogen-bond donors (Lipinski definition) is 0. The van der Waals surface area contributed by atoms with Crippen LogP contribution in [0.15, 0.2) is 46.9 Å². The Morgan fingerprint density at radius 3 is 2.60 bits per heavy atom. The maximum atomic E-state index is 6.02. The highest BCUT2D eigenvalue weighted by Crippen LogP contribution is 2.34. The Bertz CT molecular complexity index is 785. The van der Waals surface area contributed by atoms with E-state index in [0.29, 0.717) is 5.92 Å². The second kappa shape index (κ2) is 7.12. The van der Waals surface area contributed by atoms with Crippen LogP contribution in [0.2, 0.25) is 0 Å². The maximum absolute atomic E-state index is 6.02. The third kappa shape index (κ3) is 3.54. The normalized spacial score (nSPS) is 20.0. The highest BCUT2D eigenvalue weighted by molar-refractivity contribution is 7.98. The first-order valence-corrected chi connectivity index (χ1v) is 9.95. The molecule has 1 atom stereocenters. The minimum absolute atomic E-state index is 0.428. The molecule has 1 saturated heterocycles. The summed E-state index contributed by atoms with van der Waals surface area (Å²) < 4.78 is 10.8. The molecule has 0 radical (unpaired) electrons. The fraction of sp³-hybridized carbons (Fsp3) is 0.381. The first kappa shape index (κ1) is 16.5. The standard InChI is InChI=1S/C21H24N2OS/c1-15-5-8-19(14-16(15)2)24-18-9-6-17(7-10-18)20-4-3-11-23-12-13-25-22-21(20)23/h5-10,14,20H,3-4,11-13H2,1-2H3/t20-/m0/s1. The van der Waals surface area contributed by atoms with Crippen LogP contribution >= 0.6 is 11.9 Å². The summed E-state index contributed by atoms with van der Waals surface area (Å²) in [7, 11) is 0. The average molecular weight is 353 g/mol. The van der Waals surface area contributed by atoms with Crippen LogP contribution in [0.5, 0.6) is 11.5 Å². The summed E-state index contributed by atoms with van der Waals surface area (Å²) in [5.41, 5.74) is 3.89. The molecule has 1 fully saturated rings. The van der Waals surface area contributed by atoms with Crippen LogP contribution in [-0.2, 0) is 0 Å². The van der Waals surface area contributed by atoms with Crippen molar-refractivity contribution in [1.29, 1.82) is 0 Å². The largest absolute Gasteiger partial charge is 0.457 e. The molecule has 2 aliphatic heterocycles. The van der Waals surface area contributed by atoms with Crippen molar-refractivity contribution in [3.8, 4) is 11.5 Å². The van der Waals surface area contributed by atoms with Gasteiger partial charge in [-0.05, 0) is 79.6 Å². The Morgan fingerprint density at radius 1 is 1.00 bits per heavy atom. The van der Waals surface area contributed by atoms with Gasteiger partial charge in [-0.1, -0.05) is 18.2 Å². The van der Waals surface area contributed by atoms with Gasteiger partial charge in [-0.2, -0.15) is 0 Å². The number of amidine groups is 1. The third-order valence-electron chi connectivity index (χ3n) is 5.16. The Balaban J connectivity index is 1.51. The molecule has 3 nitrogen and oxygen atoms in total. The number of nitrogens with zero attached hydrogens (tertiary/aromatic N) is 2. The van der Waals surface area contributed by atoms with Gasteiger partial charge < -0.3 is 9.64 Å². The van der Waals surface area contributed by atoms with Gasteiger partial charge >= 0.3 is 0 Å². The lowest BCUT2D eigenvalue weighted by molar-refractivity contribution is 0.371. The summed E-state index contributed by atoms with van der Waals surface area (Å²) in [6.07, 6.45) is 2.43. The molecule has 2 heterocycles. The van der Waals surface area contributed by atoms with E-state index in [9.17, 15) is 0 Å². The van der Waals surface area contributed by atoms with E-state index in [1.54, 1.807) is 11.9 Å². The number of aryl methyl sites for hydroxylation is 2. The van der Waals surface area contributed by atoms with E-state index in [-0.39, 0.29) is 0 Å². The number of fused-ring (bicyclic) bond motifs is 1. The maximum Gasteiger partial charge on any atom is 0.127 e. The highest BCUT2D eigenvalue weighted by atomic mass is 32.2. The van der Waals surface area contributed by atoms with E-state index in [0.717, 1.165) is 30.3 Å². The van der Waals surface area contributed by atoms with Crippen LogP contribution in [0, 0.1) is 13.8 Å². The minimum atomic E-state index is 0.428. The second-order valence-electron chi connectivity index (χ2n) is 6.88. The molecule has 130 valence electrons. The van der Waals surface area contributed by atoms with Gasteiger partial charge in [-0.25, -0.2) is 4.40 Å². The average Bonchev–Trinajstić information content (AvgIpc) is 2.65. The van der Waals surface area contributed by atoms with E-state index in [2.05, 4.69) is 55.1 Å². The topological polar surface area (TPSA) is 24.8 Å². The van der Waals surface area contributed by atoms with Gasteiger partial charge in [0.05, 0.1) is 0 Å². The van der Waals surface area contributed by atoms with Crippen molar-refractivity contribution >= 4 is 17.8 Å². The molecule has 25 heavy (non-hydrogen) atoms. The van der Waals surface area contributed by atoms with Crippen LogP contribution in [-0.4, -0.2) is 29.6 Å². The molecule has 2 aromatic carbocycles. The van der Waals surface area contributed by atoms with Crippen LogP contribution < -0.4 is 4.74 Å². The van der Waals surface area contributed by atoms with Gasteiger partial charge in [0.1, 0.15) is 17.3 Å². The first-order valence-electron chi connectivity index (χ1n) is 9.00. The van der Waals surface area contributed by atoms with Gasteiger partial charge in [0, 0.05) is 24.8 Å². The van der Waals surface area contributed by atoms with E-state index in [4.69, 9.17) is 9.13 Å². The molecule has 0 spiro atoms. The Kier molecular flexibility index (Phi) is 4.71. The van der Waals surface area contributed by atoms with Crippen LogP contribution in [0.4, 0.5) is 0 Å². The molecular weight excluding hydrogens is 328 g/mol. The Labute approximate surface area is 154 Å². The Hall–Kier alpha value is -1.94. The predicted octanol–water partition coefficient (Wildman–Crippen LogP) is 5.34.